The van der Waals surface area contributed by atoms with Crippen LogP contribution in [0.2, 0.25) is 5.15 Å². The van der Waals surface area contributed by atoms with Crippen molar-refractivity contribution in [2.45, 2.75) is 71.6 Å². The van der Waals surface area contributed by atoms with Gasteiger partial charge in [0, 0.05) is 12.1 Å². The Bertz CT molecular complexity index is 369. The van der Waals surface area contributed by atoms with Crippen LogP contribution in [0.1, 0.15) is 70.8 Å². The van der Waals surface area contributed by atoms with E-state index in [1.54, 1.807) is 0 Å². The van der Waals surface area contributed by atoms with Crippen LogP contribution in [0.3, 0.4) is 0 Å². The number of halogens is 1. The van der Waals surface area contributed by atoms with E-state index < -0.39 is 0 Å². The van der Waals surface area contributed by atoms with E-state index in [1.807, 2.05) is 0 Å². The lowest BCUT2D eigenvalue weighted by molar-refractivity contribution is 0.581. The van der Waals surface area contributed by atoms with E-state index >= 15 is 0 Å². The summed E-state index contributed by atoms with van der Waals surface area (Å²) in [5, 5.41) is 3.95. The Balaban J connectivity index is 2.11. The third-order valence-electron chi connectivity index (χ3n) is 3.57. The van der Waals surface area contributed by atoms with Crippen molar-refractivity contribution >= 4 is 17.4 Å². The van der Waals surface area contributed by atoms with Crippen LogP contribution in [-0.2, 0) is 6.42 Å². The molecule has 0 saturated heterocycles. The summed E-state index contributed by atoms with van der Waals surface area (Å²) < 4.78 is 0. The molecule has 1 heterocycles. The minimum atomic E-state index is 0.570. The Hall–Kier alpha value is -0.830. The van der Waals surface area contributed by atoms with Crippen molar-refractivity contribution < 1.29 is 0 Å². The quantitative estimate of drug-likeness (QED) is 0.448. The van der Waals surface area contributed by atoms with Gasteiger partial charge in [0.2, 0.25) is 0 Å². The van der Waals surface area contributed by atoms with Crippen LogP contribution >= 0.6 is 11.6 Å². The average molecular weight is 298 g/mol. The van der Waals surface area contributed by atoms with Gasteiger partial charge in [-0.25, -0.2) is 9.97 Å². The molecule has 1 aromatic heterocycles. The average Bonchev–Trinajstić information content (AvgIpc) is 2.45. The molecule has 0 atom stereocenters. The maximum atomic E-state index is 6.06. The summed E-state index contributed by atoms with van der Waals surface area (Å²) >= 11 is 6.06. The summed E-state index contributed by atoms with van der Waals surface area (Å²) in [5.74, 6) is 0.899. The second-order valence-electron chi connectivity index (χ2n) is 5.25. The number of rotatable bonds is 11. The number of hydrogen-bond donors (Lipinski definition) is 1. The van der Waals surface area contributed by atoms with Gasteiger partial charge in [-0.3, -0.25) is 0 Å². The molecule has 1 rings (SSSR count). The molecule has 0 saturated carbocycles. The number of aromatic nitrogens is 2. The highest BCUT2D eigenvalue weighted by Gasteiger charge is 2.06. The summed E-state index contributed by atoms with van der Waals surface area (Å²) in [5.41, 5.74) is 1.02. The highest BCUT2D eigenvalue weighted by molar-refractivity contribution is 6.30. The molecule has 0 aromatic carbocycles. The zero-order valence-electron chi connectivity index (χ0n) is 12.9. The second-order valence-corrected chi connectivity index (χ2v) is 5.60. The lowest BCUT2D eigenvalue weighted by Gasteiger charge is -2.10. The number of anilines is 1. The zero-order valence-corrected chi connectivity index (χ0v) is 13.7. The van der Waals surface area contributed by atoms with Gasteiger partial charge in [0.25, 0.3) is 0 Å². The van der Waals surface area contributed by atoms with Gasteiger partial charge in [0.05, 0.1) is 0 Å². The minimum Gasteiger partial charge on any atom is -0.370 e. The predicted octanol–water partition coefficient (Wildman–Crippen LogP) is 5.25. The molecule has 0 fully saturated rings. The van der Waals surface area contributed by atoms with Crippen molar-refractivity contribution in [3.63, 3.8) is 0 Å². The molecule has 0 aliphatic heterocycles. The van der Waals surface area contributed by atoms with Crippen molar-refractivity contribution in [3.05, 3.63) is 17.0 Å². The van der Waals surface area contributed by atoms with E-state index in [9.17, 15) is 0 Å². The standard InChI is InChI=1S/C16H28ClN3/c1-3-5-6-7-8-9-10-11-12-18-16-14(4-2)15(17)19-13-20-16/h13H,3-12H2,1-2H3,(H,18,19,20). The SMILES string of the molecule is CCCCCCCCCCNc1ncnc(Cl)c1CC. The molecule has 1 N–H and O–H groups in total. The molecule has 0 bridgehead atoms. The molecule has 114 valence electrons. The van der Waals surface area contributed by atoms with Gasteiger partial charge >= 0.3 is 0 Å². The van der Waals surface area contributed by atoms with Crippen molar-refractivity contribution in [2.75, 3.05) is 11.9 Å². The summed E-state index contributed by atoms with van der Waals surface area (Å²) in [6.45, 7) is 5.30. The Morgan fingerprint density at radius 2 is 1.60 bits per heavy atom. The Morgan fingerprint density at radius 1 is 0.950 bits per heavy atom. The summed E-state index contributed by atoms with van der Waals surface area (Å²) in [7, 11) is 0. The molecule has 0 amide bonds. The first-order valence-corrected chi connectivity index (χ1v) is 8.40. The van der Waals surface area contributed by atoms with Crippen LogP contribution in [-0.4, -0.2) is 16.5 Å². The third-order valence-corrected chi connectivity index (χ3v) is 3.89. The molecular weight excluding hydrogens is 270 g/mol. The highest BCUT2D eigenvalue weighted by Crippen LogP contribution is 2.20. The maximum absolute atomic E-state index is 6.06. The van der Waals surface area contributed by atoms with Gasteiger partial charge in [0.15, 0.2) is 0 Å². The lowest BCUT2D eigenvalue weighted by atomic mass is 10.1. The molecule has 20 heavy (non-hydrogen) atoms. The molecule has 1 aromatic rings. The molecule has 0 aliphatic carbocycles. The normalized spacial score (nSPS) is 10.8. The van der Waals surface area contributed by atoms with E-state index in [2.05, 4.69) is 29.1 Å². The monoisotopic (exact) mass is 297 g/mol. The maximum Gasteiger partial charge on any atom is 0.137 e. The first-order valence-electron chi connectivity index (χ1n) is 8.02. The third kappa shape index (κ3) is 6.56. The fraction of sp³-hybridized carbons (Fsp3) is 0.750. The van der Waals surface area contributed by atoms with Gasteiger partial charge in [-0.05, 0) is 12.8 Å². The zero-order chi connectivity index (χ0) is 14.6. The number of nitrogens with zero attached hydrogens (tertiary/aromatic N) is 2. The Kier molecular flexibility index (Phi) is 9.38. The minimum absolute atomic E-state index is 0.570. The van der Waals surface area contributed by atoms with Gasteiger partial charge in [0.1, 0.15) is 17.3 Å². The number of unbranched alkanes of at least 4 members (excludes halogenated alkanes) is 7. The largest absolute Gasteiger partial charge is 0.370 e. The second kappa shape index (κ2) is 10.9. The van der Waals surface area contributed by atoms with Crippen LogP contribution < -0.4 is 5.32 Å². The van der Waals surface area contributed by atoms with Crippen LogP contribution in [0.25, 0.3) is 0 Å². The molecule has 0 unspecified atom stereocenters. The first kappa shape index (κ1) is 17.2. The van der Waals surface area contributed by atoms with E-state index in [0.29, 0.717) is 5.15 Å². The number of hydrogen-bond acceptors (Lipinski definition) is 3. The van der Waals surface area contributed by atoms with Crippen molar-refractivity contribution in [1.29, 1.82) is 0 Å². The lowest BCUT2D eigenvalue weighted by Crippen LogP contribution is -2.07. The van der Waals surface area contributed by atoms with Gasteiger partial charge in [-0.2, -0.15) is 0 Å². The fourth-order valence-electron chi connectivity index (χ4n) is 2.32. The Labute approximate surface area is 128 Å². The summed E-state index contributed by atoms with van der Waals surface area (Å²) in [6, 6.07) is 0. The fourth-order valence-corrected chi connectivity index (χ4v) is 2.59. The van der Waals surface area contributed by atoms with E-state index in [1.165, 1.54) is 57.7 Å². The predicted molar refractivity (Wildman–Crippen MR) is 87.5 cm³/mol. The number of nitrogens with one attached hydrogen (secondary N) is 1. The topological polar surface area (TPSA) is 37.8 Å². The van der Waals surface area contributed by atoms with Crippen LogP contribution in [0.4, 0.5) is 5.82 Å². The van der Waals surface area contributed by atoms with Gasteiger partial charge in [-0.1, -0.05) is 70.4 Å². The molecular formula is C16H28ClN3. The highest BCUT2D eigenvalue weighted by atomic mass is 35.5. The Morgan fingerprint density at radius 3 is 2.25 bits per heavy atom. The molecule has 4 heteroatoms. The van der Waals surface area contributed by atoms with Crippen LogP contribution in [0, 0.1) is 0 Å². The molecule has 0 radical (unpaired) electrons. The molecule has 0 spiro atoms. The van der Waals surface area contributed by atoms with E-state index in [4.69, 9.17) is 11.6 Å². The van der Waals surface area contributed by atoms with Crippen LogP contribution in [0.5, 0.6) is 0 Å². The van der Waals surface area contributed by atoms with Crippen molar-refractivity contribution in [1.82, 2.24) is 9.97 Å². The molecule has 0 aliphatic rings. The van der Waals surface area contributed by atoms with Gasteiger partial charge < -0.3 is 5.32 Å². The molecule has 3 nitrogen and oxygen atoms in total. The van der Waals surface area contributed by atoms with Crippen molar-refractivity contribution in [3.8, 4) is 0 Å². The van der Waals surface area contributed by atoms with Gasteiger partial charge in [-0.15, -0.1) is 0 Å². The smallest absolute Gasteiger partial charge is 0.137 e. The summed E-state index contributed by atoms with van der Waals surface area (Å²) in [6.07, 6.45) is 13.1. The summed E-state index contributed by atoms with van der Waals surface area (Å²) in [4.78, 5) is 8.29. The van der Waals surface area contributed by atoms with E-state index in [-0.39, 0.29) is 0 Å². The van der Waals surface area contributed by atoms with E-state index in [0.717, 1.165) is 24.3 Å². The van der Waals surface area contributed by atoms with Crippen LogP contribution in [0.15, 0.2) is 6.33 Å². The van der Waals surface area contributed by atoms with Crippen molar-refractivity contribution in [2.24, 2.45) is 0 Å². The first-order chi connectivity index (χ1) is 9.79.